The minimum absolute atomic E-state index is 0.494. The quantitative estimate of drug-likeness (QED) is 0.719. The lowest BCUT2D eigenvalue weighted by atomic mass is 10.1. The van der Waals surface area contributed by atoms with Gasteiger partial charge in [0.1, 0.15) is 5.56 Å². The molecule has 1 nitrogen and oxygen atoms in total. The van der Waals surface area contributed by atoms with Crippen LogP contribution in [0.1, 0.15) is 5.56 Å². The highest BCUT2D eigenvalue weighted by Gasteiger charge is 2.30. The highest BCUT2D eigenvalue weighted by Crippen LogP contribution is 2.28. The SMILES string of the molecule is FC(F)(F)c1c#cc(-c2ccccn2)cc1. The summed E-state index contributed by atoms with van der Waals surface area (Å²) in [4.78, 5) is 4.01. The molecule has 2 rings (SSSR count). The summed E-state index contributed by atoms with van der Waals surface area (Å²) in [5.74, 6) is 0. The lowest BCUT2D eigenvalue weighted by molar-refractivity contribution is -0.137. The van der Waals surface area contributed by atoms with Gasteiger partial charge in [0.25, 0.3) is 0 Å². The highest BCUT2D eigenvalue weighted by molar-refractivity contribution is 5.56. The molecule has 80 valence electrons. The van der Waals surface area contributed by atoms with Crippen molar-refractivity contribution in [3.8, 4) is 11.3 Å². The zero-order valence-electron chi connectivity index (χ0n) is 8.05. The Morgan fingerprint density at radius 1 is 1.00 bits per heavy atom. The van der Waals surface area contributed by atoms with Crippen molar-refractivity contribution in [2.24, 2.45) is 0 Å². The zero-order chi connectivity index (χ0) is 11.6. The normalized spacial score (nSPS) is 10.9. The average Bonchev–Trinajstić information content (AvgIpc) is 2.29. The molecule has 0 radical (unpaired) electrons. The van der Waals surface area contributed by atoms with Gasteiger partial charge >= 0.3 is 6.18 Å². The number of alkyl halides is 3. The van der Waals surface area contributed by atoms with Crippen LogP contribution in [0.2, 0.25) is 0 Å². The molecule has 1 aromatic carbocycles. The summed E-state index contributed by atoms with van der Waals surface area (Å²) in [5.41, 5.74) is 0.244. The molecule has 1 heterocycles. The maximum Gasteiger partial charge on any atom is 0.424 e. The standard InChI is InChI=1S/C12H6F3N/c13-12(14,15)10-6-4-9(5-7-10)11-3-1-2-8-16-11/h1-4,6,8H. The van der Waals surface area contributed by atoms with Crippen LogP contribution in [-0.4, -0.2) is 4.98 Å². The number of nitrogens with zero attached hydrogens (tertiary/aromatic N) is 1. The van der Waals surface area contributed by atoms with Crippen molar-refractivity contribution in [2.45, 2.75) is 6.18 Å². The van der Waals surface area contributed by atoms with Crippen molar-refractivity contribution in [1.29, 1.82) is 0 Å². The van der Waals surface area contributed by atoms with Gasteiger partial charge in [0, 0.05) is 6.20 Å². The molecule has 0 amide bonds. The van der Waals surface area contributed by atoms with E-state index >= 15 is 0 Å². The van der Waals surface area contributed by atoms with Crippen LogP contribution in [0.15, 0.2) is 36.5 Å². The number of rotatable bonds is 1. The molecule has 4 heteroatoms. The molecule has 0 unspecified atom stereocenters. The Morgan fingerprint density at radius 2 is 1.81 bits per heavy atom. The summed E-state index contributed by atoms with van der Waals surface area (Å²) < 4.78 is 36.8. The van der Waals surface area contributed by atoms with E-state index in [1.54, 1.807) is 24.4 Å². The van der Waals surface area contributed by atoms with Gasteiger partial charge in [-0.1, -0.05) is 18.2 Å². The molecule has 2 aromatic rings. The fourth-order valence-electron chi connectivity index (χ4n) is 1.22. The summed E-state index contributed by atoms with van der Waals surface area (Å²) in [5, 5.41) is 0. The molecule has 0 aliphatic heterocycles. The summed E-state index contributed by atoms with van der Waals surface area (Å²) in [6.07, 6.45) is -2.81. The van der Waals surface area contributed by atoms with Crippen LogP contribution in [0.5, 0.6) is 0 Å². The van der Waals surface area contributed by atoms with Crippen LogP contribution in [0.4, 0.5) is 13.2 Å². The van der Waals surface area contributed by atoms with Crippen molar-refractivity contribution >= 4 is 0 Å². The molecule has 1 aromatic heterocycles. The first-order valence-electron chi connectivity index (χ1n) is 4.50. The summed E-state index contributed by atoms with van der Waals surface area (Å²) in [6, 6.07) is 12.0. The Bertz CT molecular complexity index is 460. The lowest BCUT2D eigenvalue weighted by Crippen LogP contribution is -2.03. The predicted molar refractivity (Wildman–Crippen MR) is 52.3 cm³/mol. The van der Waals surface area contributed by atoms with Crippen molar-refractivity contribution < 1.29 is 13.2 Å². The van der Waals surface area contributed by atoms with E-state index in [2.05, 4.69) is 17.1 Å². The number of aromatic nitrogens is 1. The van der Waals surface area contributed by atoms with E-state index in [9.17, 15) is 13.2 Å². The lowest BCUT2D eigenvalue weighted by Gasteiger charge is -2.03. The van der Waals surface area contributed by atoms with Crippen molar-refractivity contribution in [3.05, 3.63) is 54.2 Å². The van der Waals surface area contributed by atoms with Gasteiger partial charge in [0.05, 0.1) is 11.3 Å². The maximum absolute atomic E-state index is 12.3. The topological polar surface area (TPSA) is 12.9 Å². The number of pyridine rings is 1. The molecular formula is C12H6F3N. The number of hydrogen-bond donors (Lipinski definition) is 0. The second-order valence-electron chi connectivity index (χ2n) is 3.12. The molecule has 16 heavy (non-hydrogen) atoms. The van der Waals surface area contributed by atoms with E-state index < -0.39 is 11.7 Å². The molecule has 0 saturated carbocycles. The van der Waals surface area contributed by atoms with E-state index in [1.807, 2.05) is 0 Å². The maximum atomic E-state index is 12.3. The van der Waals surface area contributed by atoms with Gasteiger partial charge in [-0.25, -0.2) is 0 Å². The van der Waals surface area contributed by atoms with E-state index in [0.717, 1.165) is 6.07 Å². The Hall–Kier alpha value is -2.02. The van der Waals surface area contributed by atoms with Crippen LogP contribution in [0.3, 0.4) is 0 Å². The van der Waals surface area contributed by atoms with Crippen LogP contribution in [0.25, 0.3) is 11.3 Å². The monoisotopic (exact) mass is 221 g/mol. The minimum atomic E-state index is -4.38. The third-order valence-electron chi connectivity index (χ3n) is 1.99. The third-order valence-corrected chi connectivity index (χ3v) is 1.99. The Balaban J connectivity index is 2.34. The van der Waals surface area contributed by atoms with Crippen LogP contribution in [-0.2, 0) is 6.18 Å². The Labute approximate surface area is 90.6 Å². The first-order chi connectivity index (χ1) is 7.57. The van der Waals surface area contributed by atoms with Gasteiger partial charge in [-0.15, -0.1) is 0 Å². The summed E-state index contributed by atoms with van der Waals surface area (Å²) in [7, 11) is 0. The minimum Gasteiger partial charge on any atom is -0.256 e. The zero-order valence-corrected chi connectivity index (χ0v) is 8.05. The molecule has 0 atom stereocenters. The van der Waals surface area contributed by atoms with Gasteiger partial charge < -0.3 is 0 Å². The second-order valence-corrected chi connectivity index (χ2v) is 3.12. The first-order valence-corrected chi connectivity index (χ1v) is 4.50. The largest absolute Gasteiger partial charge is 0.424 e. The van der Waals surface area contributed by atoms with Gasteiger partial charge in [-0.2, -0.15) is 13.2 Å². The fourth-order valence-corrected chi connectivity index (χ4v) is 1.22. The van der Waals surface area contributed by atoms with Gasteiger partial charge in [0.2, 0.25) is 0 Å². The van der Waals surface area contributed by atoms with Gasteiger partial charge in [-0.3, -0.25) is 4.98 Å². The van der Waals surface area contributed by atoms with Crippen LogP contribution in [0, 0.1) is 12.1 Å². The molecule has 0 aliphatic rings. The van der Waals surface area contributed by atoms with E-state index in [0.29, 0.717) is 11.3 Å². The molecule has 0 fully saturated rings. The van der Waals surface area contributed by atoms with Crippen molar-refractivity contribution in [2.75, 3.05) is 0 Å². The number of halogens is 3. The molecular weight excluding hydrogens is 215 g/mol. The fraction of sp³-hybridized carbons (Fsp3) is 0.0833. The first kappa shape index (κ1) is 10.5. The smallest absolute Gasteiger partial charge is 0.256 e. The molecule has 0 spiro atoms. The Kier molecular flexibility index (Phi) is 2.53. The van der Waals surface area contributed by atoms with Gasteiger partial charge in [-0.05, 0) is 24.3 Å². The third kappa shape index (κ3) is 2.14. The summed E-state index contributed by atoms with van der Waals surface area (Å²) in [6.45, 7) is 0. The van der Waals surface area contributed by atoms with E-state index in [-0.39, 0.29) is 0 Å². The molecule has 0 aliphatic carbocycles. The molecule has 0 bridgehead atoms. The van der Waals surface area contributed by atoms with E-state index in [1.165, 1.54) is 6.07 Å². The highest BCUT2D eigenvalue weighted by atomic mass is 19.4. The second kappa shape index (κ2) is 3.86. The Morgan fingerprint density at radius 3 is 2.31 bits per heavy atom. The van der Waals surface area contributed by atoms with Crippen LogP contribution >= 0.6 is 0 Å². The molecule has 0 saturated heterocycles. The van der Waals surface area contributed by atoms with Crippen molar-refractivity contribution in [1.82, 2.24) is 4.98 Å². The van der Waals surface area contributed by atoms with Crippen LogP contribution < -0.4 is 0 Å². The average molecular weight is 221 g/mol. The summed E-state index contributed by atoms with van der Waals surface area (Å²) >= 11 is 0. The predicted octanol–water partition coefficient (Wildman–Crippen LogP) is 3.37. The number of hydrogen-bond acceptors (Lipinski definition) is 1. The van der Waals surface area contributed by atoms with Gasteiger partial charge in [0.15, 0.2) is 0 Å². The van der Waals surface area contributed by atoms with E-state index in [4.69, 9.17) is 0 Å². The van der Waals surface area contributed by atoms with Crippen molar-refractivity contribution in [3.63, 3.8) is 0 Å². The molecule has 0 N–H and O–H groups in total.